The third kappa shape index (κ3) is 6.34. The molecule has 4 rings (SSSR count). The van der Waals surface area contributed by atoms with Crippen LogP contribution in [0.25, 0.3) is 6.08 Å². The molecule has 0 unspecified atom stereocenters. The van der Waals surface area contributed by atoms with Gasteiger partial charge in [0.25, 0.3) is 11.1 Å². The molecule has 1 fully saturated rings. The number of para-hydroxylation sites is 2. The molecule has 0 aromatic heterocycles. The summed E-state index contributed by atoms with van der Waals surface area (Å²) in [5, 5.41) is 2.28. The summed E-state index contributed by atoms with van der Waals surface area (Å²) in [6.45, 7) is 4.15. The van der Waals surface area contributed by atoms with Gasteiger partial charge in [-0.05, 0) is 61.5 Å². The number of aryl methyl sites for hydroxylation is 2. The Balaban J connectivity index is 1.38. The van der Waals surface area contributed by atoms with Gasteiger partial charge >= 0.3 is 0 Å². The van der Waals surface area contributed by atoms with Gasteiger partial charge in [-0.2, -0.15) is 0 Å². The minimum absolute atomic E-state index is 0.232. The van der Waals surface area contributed by atoms with Crippen molar-refractivity contribution in [2.45, 2.75) is 13.8 Å². The number of nitrogens with zero attached hydrogens (tertiary/aromatic N) is 1. The first-order chi connectivity index (χ1) is 17.4. The van der Waals surface area contributed by atoms with Crippen LogP contribution in [0.3, 0.4) is 0 Å². The molecule has 3 aromatic rings. The molecule has 7 nitrogen and oxygen atoms in total. The molecule has 3 aromatic carbocycles. The Labute approximate surface area is 214 Å². The standard InChI is InChI=1S/C28H26N2O5S/c1-19-12-13-23(20(2)16-19)29-26(31)18-30-27(32)25(36-28(30)33)17-21-8-6-7-11-24(21)35-15-14-34-22-9-4-3-5-10-22/h3-13,16-17H,14-15,18H2,1-2H3,(H,29,31)/b25-17+. The summed E-state index contributed by atoms with van der Waals surface area (Å²) in [6, 6.07) is 22.3. The van der Waals surface area contributed by atoms with Crippen molar-refractivity contribution in [3.8, 4) is 11.5 Å². The number of hydrogen-bond donors (Lipinski definition) is 1. The maximum atomic E-state index is 12.9. The first kappa shape index (κ1) is 25.1. The highest BCUT2D eigenvalue weighted by molar-refractivity contribution is 8.18. The summed E-state index contributed by atoms with van der Waals surface area (Å²) in [5.41, 5.74) is 3.29. The van der Waals surface area contributed by atoms with Crippen LogP contribution in [0.2, 0.25) is 0 Å². The largest absolute Gasteiger partial charge is 0.490 e. The number of nitrogens with one attached hydrogen (secondary N) is 1. The van der Waals surface area contributed by atoms with Gasteiger partial charge in [0.2, 0.25) is 5.91 Å². The molecule has 1 heterocycles. The Morgan fingerprint density at radius 3 is 2.44 bits per heavy atom. The molecule has 0 spiro atoms. The fourth-order valence-corrected chi connectivity index (χ4v) is 4.45. The summed E-state index contributed by atoms with van der Waals surface area (Å²) in [6.07, 6.45) is 1.61. The van der Waals surface area contributed by atoms with Crippen LogP contribution in [0.5, 0.6) is 11.5 Å². The number of imide groups is 1. The molecule has 1 aliphatic heterocycles. The molecule has 36 heavy (non-hydrogen) atoms. The number of amides is 3. The number of ether oxygens (including phenoxy) is 2. The molecular weight excluding hydrogens is 476 g/mol. The Morgan fingerprint density at radius 1 is 0.944 bits per heavy atom. The van der Waals surface area contributed by atoms with Gasteiger partial charge in [-0.1, -0.05) is 54.1 Å². The minimum Gasteiger partial charge on any atom is -0.490 e. The molecule has 0 saturated carbocycles. The second-order valence-corrected chi connectivity index (χ2v) is 9.18. The Bertz CT molecular complexity index is 1310. The van der Waals surface area contributed by atoms with Gasteiger partial charge in [0, 0.05) is 11.3 Å². The second-order valence-electron chi connectivity index (χ2n) is 8.18. The second kappa shape index (κ2) is 11.6. The fourth-order valence-electron chi connectivity index (χ4n) is 3.62. The molecule has 184 valence electrons. The summed E-state index contributed by atoms with van der Waals surface area (Å²) in [7, 11) is 0. The van der Waals surface area contributed by atoms with E-state index in [4.69, 9.17) is 9.47 Å². The van der Waals surface area contributed by atoms with E-state index in [1.54, 1.807) is 24.3 Å². The molecule has 1 aliphatic rings. The predicted octanol–water partition coefficient (Wildman–Crippen LogP) is 5.44. The van der Waals surface area contributed by atoms with Crippen LogP contribution in [0.4, 0.5) is 10.5 Å². The molecule has 0 aliphatic carbocycles. The zero-order chi connectivity index (χ0) is 25.5. The first-order valence-electron chi connectivity index (χ1n) is 11.4. The highest BCUT2D eigenvalue weighted by atomic mass is 32.2. The van der Waals surface area contributed by atoms with Crippen LogP contribution >= 0.6 is 11.8 Å². The Morgan fingerprint density at radius 2 is 1.67 bits per heavy atom. The zero-order valence-corrected chi connectivity index (χ0v) is 20.8. The maximum absolute atomic E-state index is 12.9. The van der Waals surface area contributed by atoms with E-state index in [1.807, 2.05) is 68.4 Å². The Kier molecular flexibility index (Phi) is 8.07. The average molecular weight is 503 g/mol. The van der Waals surface area contributed by atoms with E-state index in [2.05, 4.69) is 5.32 Å². The van der Waals surface area contributed by atoms with Crippen LogP contribution < -0.4 is 14.8 Å². The number of carbonyl (C=O) groups excluding carboxylic acids is 3. The van der Waals surface area contributed by atoms with Crippen molar-refractivity contribution in [1.82, 2.24) is 4.90 Å². The summed E-state index contributed by atoms with van der Waals surface area (Å²) in [4.78, 5) is 39.2. The van der Waals surface area contributed by atoms with Gasteiger partial charge in [-0.3, -0.25) is 19.3 Å². The summed E-state index contributed by atoms with van der Waals surface area (Å²) >= 11 is 0.803. The molecule has 0 bridgehead atoms. The van der Waals surface area contributed by atoms with E-state index >= 15 is 0 Å². The molecule has 1 saturated heterocycles. The third-order valence-corrected chi connectivity index (χ3v) is 6.30. The quantitative estimate of drug-likeness (QED) is 0.310. The van der Waals surface area contributed by atoms with Crippen molar-refractivity contribution in [3.63, 3.8) is 0 Å². The monoisotopic (exact) mass is 502 g/mol. The number of thioether (sulfide) groups is 1. The zero-order valence-electron chi connectivity index (χ0n) is 20.0. The van der Waals surface area contributed by atoms with Gasteiger partial charge < -0.3 is 14.8 Å². The lowest BCUT2D eigenvalue weighted by Crippen LogP contribution is -2.36. The number of anilines is 1. The van der Waals surface area contributed by atoms with Crippen molar-refractivity contribution in [2.75, 3.05) is 25.1 Å². The van der Waals surface area contributed by atoms with E-state index in [-0.39, 0.29) is 11.4 Å². The molecule has 8 heteroatoms. The molecule has 3 amide bonds. The SMILES string of the molecule is Cc1ccc(NC(=O)CN2C(=O)S/C(=C/c3ccccc3OCCOc3ccccc3)C2=O)c(C)c1. The summed E-state index contributed by atoms with van der Waals surface area (Å²) in [5.74, 6) is 0.369. The third-order valence-electron chi connectivity index (χ3n) is 5.39. The lowest BCUT2D eigenvalue weighted by atomic mass is 10.1. The van der Waals surface area contributed by atoms with Gasteiger partial charge in [0.15, 0.2) is 0 Å². The normalized spacial score (nSPS) is 14.3. The van der Waals surface area contributed by atoms with Crippen LogP contribution in [0.1, 0.15) is 16.7 Å². The highest BCUT2D eigenvalue weighted by Crippen LogP contribution is 2.34. The highest BCUT2D eigenvalue weighted by Gasteiger charge is 2.36. The maximum Gasteiger partial charge on any atom is 0.294 e. The lowest BCUT2D eigenvalue weighted by Gasteiger charge is -2.14. The Hall–Kier alpha value is -4.04. The molecule has 0 atom stereocenters. The van der Waals surface area contributed by atoms with Gasteiger partial charge in [0.05, 0.1) is 4.91 Å². The van der Waals surface area contributed by atoms with Gasteiger partial charge in [-0.15, -0.1) is 0 Å². The smallest absolute Gasteiger partial charge is 0.294 e. The molecule has 1 N–H and O–H groups in total. The van der Waals surface area contributed by atoms with Crippen LogP contribution in [-0.2, 0) is 9.59 Å². The molecular formula is C28H26N2O5S. The van der Waals surface area contributed by atoms with Crippen LogP contribution in [-0.4, -0.2) is 41.7 Å². The van der Waals surface area contributed by atoms with Crippen LogP contribution in [0.15, 0.2) is 77.7 Å². The predicted molar refractivity (Wildman–Crippen MR) is 141 cm³/mol. The van der Waals surface area contributed by atoms with E-state index in [0.717, 1.165) is 33.5 Å². The van der Waals surface area contributed by atoms with E-state index in [0.29, 0.717) is 30.2 Å². The lowest BCUT2D eigenvalue weighted by molar-refractivity contribution is -0.127. The van der Waals surface area contributed by atoms with Gasteiger partial charge in [-0.25, -0.2) is 0 Å². The van der Waals surface area contributed by atoms with Crippen molar-refractivity contribution in [3.05, 3.63) is 94.4 Å². The minimum atomic E-state index is -0.511. The van der Waals surface area contributed by atoms with Crippen LogP contribution in [0, 0.1) is 13.8 Å². The van der Waals surface area contributed by atoms with E-state index in [1.165, 1.54) is 0 Å². The number of rotatable bonds is 9. The number of benzene rings is 3. The number of hydrogen-bond acceptors (Lipinski definition) is 6. The van der Waals surface area contributed by atoms with Crippen molar-refractivity contribution in [1.29, 1.82) is 0 Å². The molecule has 0 radical (unpaired) electrons. The fraction of sp³-hybridized carbons (Fsp3) is 0.179. The van der Waals surface area contributed by atoms with Gasteiger partial charge in [0.1, 0.15) is 31.3 Å². The van der Waals surface area contributed by atoms with E-state index in [9.17, 15) is 14.4 Å². The summed E-state index contributed by atoms with van der Waals surface area (Å²) < 4.78 is 11.5. The van der Waals surface area contributed by atoms with Crippen molar-refractivity contribution < 1.29 is 23.9 Å². The van der Waals surface area contributed by atoms with E-state index < -0.39 is 17.1 Å². The first-order valence-corrected chi connectivity index (χ1v) is 12.2. The average Bonchev–Trinajstić information content (AvgIpc) is 3.12. The number of carbonyl (C=O) groups is 3. The topological polar surface area (TPSA) is 84.9 Å². The van der Waals surface area contributed by atoms with Crippen molar-refractivity contribution in [2.24, 2.45) is 0 Å². The van der Waals surface area contributed by atoms with Crippen molar-refractivity contribution >= 4 is 40.6 Å².